The summed E-state index contributed by atoms with van der Waals surface area (Å²) >= 11 is 1.80. The summed E-state index contributed by atoms with van der Waals surface area (Å²) in [5.74, 6) is 0.665. The Bertz CT molecular complexity index is 638. The Kier molecular flexibility index (Phi) is 4.80. The van der Waals surface area contributed by atoms with Gasteiger partial charge in [0.2, 0.25) is 10.0 Å². The molecule has 116 valence electrons. The number of benzene rings is 1. The zero-order valence-electron chi connectivity index (χ0n) is 12.6. The number of thioether (sulfide) groups is 1. The number of nitrogens with zero attached hydrogens (tertiary/aromatic N) is 1. The van der Waals surface area contributed by atoms with Crippen LogP contribution in [-0.2, 0) is 10.0 Å². The van der Waals surface area contributed by atoms with Crippen molar-refractivity contribution in [3.05, 3.63) is 29.8 Å². The lowest BCUT2D eigenvalue weighted by Gasteiger charge is -2.22. The van der Waals surface area contributed by atoms with Gasteiger partial charge >= 0.3 is 0 Å². The van der Waals surface area contributed by atoms with Gasteiger partial charge in [-0.2, -0.15) is 16.1 Å². The van der Waals surface area contributed by atoms with Crippen molar-refractivity contribution in [3.8, 4) is 0 Å². The van der Waals surface area contributed by atoms with E-state index in [4.69, 9.17) is 0 Å². The van der Waals surface area contributed by atoms with Crippen LogP contribution in [-0.4, -0.2) is 42.1 Å². The molecule has 0 amide bonds. The van der Waals surface area contributed by atoms with E-state index in [1.807, 2.05) is 0 Å². The molecular formula is C15H21NO3S2. The van der Waals surface area contributed by atoms with E-state index in [1.54, 1.807) is 30.0 Å². The molecule has 21 heavy (non-hydrogen) atoms. The van der Waals surface area contributed by atoms with E-state index < -0.39 is 10.0 Å². The minimum Gasteiger partial charge on any atom is -0.295 e. The molecule has 0 atom stereocenters. The summed E-state index contributed by atoms with van der Waals surface area (Å²) in [7, 11) is -3.52. The van der Waals surface area contributed by atoms with E-state index in [1.165, 1.54) is 17.3 Å². The number of carbonyl (C=O) groups excluding carboxylic acids is 1. The van der Waals surface area contributed by atoms with Crippen molar-refractivity contribution in [3.63, 3.8) is 0 Å². The maximum Gasteiger partial charge on any atom is 0.243 e. The summed E-state index contributed by atoms with van der Waals surface area (Å²) in [5, 5.41) is 0. The topological polar surface area (TPSA) is 54.5 Å². The fourth-order valence-electron chi connectivity index (χ4n) is 2.27. The standard InChI is InChI=1S/C15H21NO3S2/c1-12(17)13-5-4-6-14(11-13)21(18,19)16-8-7-15(2,3)20-10-9-16/h4-6,11H,7-10H2,1-3H3. The van der Waals surface area contributed by atoms with Crippen molar-refractivity contribution >= 4 is 27.6 Å². The van der Waals surface area contributed by atoms with Crippen LogP contribution < -0.4 is 0 Å². The van der Waals surface area contributed by atoms with Crippen molar-refractivity contribution in [2.75, 3.05) is 18.8 Å². The molecule has 0 bridgehead atoms. The van der Waals surface area contributed by atoms with Crippen LogP contribution in [0, 0.1) is 0 Å². The van der Waals surface area contributed by atoms with Crippen molar-refractivity contribution in [2.45, 2.75) is 36.8 Å². The number of sulfonamides is 1. The van der Waals surface area contributed by atoms with Crippen molar-refractivity contribution in [1.82, 2.24) is 4.31 Å². The zero-order valence-corrected chi connectivity index (χ0v) is 14.3. The fourth-order valence-corrected chi connectivity index (χ4v) is 4.97. The van der Waals surface area contributed by atoms with Crippen LogP contribution in [0.2, 0.25) is 0 Å². The van der Waals surface area contributed by atoms with Gasteiger partial charge in [0.15, 0.2) is 5.78 Å². The van der Waals surface area contributed by atoms with E-state index in [0.29, 0.717) is 18.7 Å². The SMILES string of the molecule is CC(=O)c1cccc(S(=O)(=O)N2CCSC(C)(C)CC2)c1. The van der Waals surface area contributed by atoms with Gasteiger partial charge in [-0.15, -0.1) is 0 Å². The second-order valence-electron chi connectivity index (χ2n) is 5.85. The highest BCUT2D eigenvalue weighted by Gasteiger charge is 2.30. The highest BCUT2D eigenvalue weighted by atomic mass is 32.2. The summed E-state index contributed by atoms with van der Waals surface area (Å²) < 4.78 is 27.1. The maximum atomic E-state index is 12.7. The molecule has 0 aromatic heterocycles. The third kappa shape index (κ3) is 3.87. The van der Waals surface area contributed by atoms with Gasteiger partial charge < -0.3 is 0 Å². The predicted octanol–water partition coefficient (Wildman–Crippen LogP) is 2.80. The molecule has 1 saturated heterocycles. The minimum absolute atomic E-state index is 0.103. The Morgan fingerprint density at radius 1 is 1.29 bits per heavy atom. The third-order valence-electron chi connectivity index (χ3n) is 3.68. The molecule has 6 heteroatoms. The lowest BCUT2D eigenvalue weighted by Crippen LogP contribution is -2.33. The largest absolute Gasteiger partial charge is 0.295 e. The lowest BCUT2D eigenvalue weighted by atomic mass is 10.1. The Balaban J connectivity index is 2.29. The second kappa shape index (κ2) is 6.10. The number of ketones is 1. The van der Waals surface area contributed by atoms with Crippen molar-refractivity contribution < 1.29 is 13.2 Å². The number of hydrogen-bond acceptors (Lipinski definition) is 4. The number of carbonyl (C=O) groups is 1. The van der Waals surface area contributed by atoms with Gasteiger partial charge in [-0.3, -0.25) is 4.79 Å². The molecule has 0 unspecified atom stereocenters. The molecule has 1 heterocycles. The van der Waals surface area contributed by atoms with Crippen LogP contribution in [0.15, 0.2) is 29.2 Å². The van der Waals surface area contributed by atoms with Gasteiger partial charge in [0.05, 0.1) is 4.90 Å². The highest BCUT2D eigenvalue weighted by Crippen LogP contribution is 2.32. The molecule has 0 radical (unpaired) electrons. The minimum atomic E-state index is -3.52. The van der Waals surface area contributed by atoms with Gasteiger partial charge in [0.1, 0.15) is 0 Å². The normalized spacial score (nSPS) is 20.0. The molecular weight excluding hydrogens is 306 g/mol. The molecule has 0 aliphatic carbocycles. The van der Waals surface area contributed by atoms with Gasteiger partial charge in [-0.1, -0.05) is 26.0 Å². The second-order valence-corrected chi connectivity index (χ2v) is 9.59. The van der Waals surface area contributed by atoms with E-state index >= 15 is 0 Å². The molecule has 1 aromatic carbocycles. The zero-order chi connectivity index (χ0) is 15.7. The molecule has 2 rings (SSSR count). The highest BCUT2D eigenvalue weighted by molar-refractivity contribution is 8.00. The van der Waals surface area contributed by atoms with Gasteiger partial charge in [0, 0.05) is 29.2 Å². The van der Waals surface area contributed by atoms with E-state index in [9.17, 15) is 13.2 Å². The molecule has 1 fully saturated rings. The average Bonchev–Trinajstić information content (AvgIpc) is 2.60. The first-order chi connectivity index (χ1) is 9.72. The Hall–Kier alpha value is -0.850. The van der Waals surface area contributed by atoms with Crippen LogP contribution in [0.4, 0.5) is 0 Å². The lowest BCUT2D eigenvalue weighted by molar-refractivity contribution is 0.101. The number of Topliss-reactive ketones (excluding diaryl/α,β-unsaturated/α-hetero) is 1. The summed E-state index contributed by atoms with van der Waals surface area (Å²) in [6.45, 7) is 6.76. The van der Waals surface area contributed by atoms with Crippen LogP contribution in [0.3, 0.4) is 0 Å². The summed E-state index contributed by atoms with van der Waals surface area (Å²) in [6, 6.07) is 6.30. The first-order valence-electron chi connectivity index (χ1n) is 6.97. The smallest absolute Gasteiger partial charge is 0.243 e. The van der Waals surface area contributed by atoms with Crippen molar-refractivity contribution in [1.29, 1.82) is 0 Å². The van der Waals surface area contributed by atoms with E-state index in [-0.39, 0.29) is 15.4 Å². The Morgan fingerprint density at radius 3 is 2.67 bits per heavy atom. The van der Waals surface area contributed by atoms with Crippen molar-refractivity contribution in [2.24, 2.45) is 0 Å². The molecule has 0 spiro atoms. The van der Waals surface area contributed by atoms with Crippen LogP contribution in [0.5, 0.6) is 0 Å². The number of hydrogen-bond donors (Lipinski definition) is 0. The van der Waals surface area contributed by atoms with E-state index in [0.717, 1.165) is 12.2 Å². The fraction of sp³-hybridized carbons (Fsp3) is 0.533. The van der Waals surface area contributed by atoms with Crippen LogP contribution in [0.25, 0.3) is 0 Å². The average molecular weight is 327 g/mol. The first kappa shape index (κ1) is 16.5. The molecule has 1 aliphatic heterocycles. The van der Waals surface area contributed by atoms with Crippen LogP contribution in [0.1, 0.15) is 37.6 Å². The maximum absolute atomic E-state index is 12.7. The molecule has 1 aliphatic rings. The van der Waals surface area contributed by atoms with Crippen LogP contribution >= 0.6 is 11.8 Å². The molecule has 4 nitrogen and oxygen atoms in total. The van der Waals surface area contributed by atoms with Gasteiger partial charge in [-0.05, 0) is 25.5 Å². The number of rotatable bonds is 3. The Labute approximate surface area is 131 Å². The van der Waals surface area contributed by atoms with Gasteiger partial charge in [0.25, 0.3) is 0 Å². The monoisotopic (exact) mass is 327 g/mol. The Morgan fingerprint density at radius 2 is 2.00 bits per heavy atom. The quantitative estimate of drug-likeness (QED) is 0.801. The molecule has 0 N–H and O–H groups in total. The molecule has 1 aromatic rings. The predicted molar refractivity (Wildman–Crippen MR) is 86.4 cm³/mol. The van der Waals surface area contributed by atoms with Gasteiger partial charge in [-0.25, -0.2) is 8.42 Å². The molecule has 0 saturated carbocycles. The summed E-state index contributed by atoms with van der Waals surface area (Å²) in [5.41, 5.74) is 0.431. The third-order valence-corrected chi connectivity index (χ3v) is 6.94. The first-order valence-corrected chi connectivity index (χ1v) is 9.40. The van der Waals surface area contributed by atoms with E-state index in [2.05, 4.69) is 13.8 Å². The summed E-state index contributed by atoms with van der Waals surface area (Å²) in [4.78, 5) is 11.6. The summed E-state index contributed by atoms with van der Waals surface area (Å²) in [6.07, 6.45) is 0.823.